The molecule has 0 N–H and O–H groups in total. The minimum absolute atomic E-state index is 0.237. The van der Waals surface area contributed by atoms with E-state index >= 15 is 0 Å². The van der Waals surface area contributed by atoms with Gasteiger partial charge < -0.3 is 9.80 Å². The van der Waals surface area contributed by atoms with E-state index < -0.39 is 0 Å². The Kier molecular flexibility index (Phi) is 4.72. The number of hydrogen-bond acceptors (Lipinski definition) is 3. The first-order chi connectivity index (χ1) is 10.2. The fraction of sp³-hybridized carbons (Fsp3) is 0.667. The van der Waals surface area contributed by atoms with E-state index in [1.807, 2.05) is 11.0 Å². The first-order valence-electron chi connectivity index (χ1n) is 7.69. The third-order valence-electron chi connectivity index (χ3n) is 4.51. The summed E-state index contributed by atoms with van der Waals surface area (Å²) in [6.07, 6.45) is 2.17. The Morgan fingerprint density at radius 3 is 2.57 bits per heavy atom. The van der Waals surface area contributed by atoms with Crippen LogP contribution >= 0.6 is 22.9 Å². The molecule has 21 heavy (non-hydrogen) atoms. The second-order valence-electron chi connectivity index (χ2n) is 5.77. The molecule has 116 valence electrons. The Bertz CT molecular complexity index is 499. The first kappa shape index (κ1) is 15.1. The third-order valence-corrected chi connectivity index (χ3v) is 5.73. The molecule has 2 aliphatic heterocycles. The third kappa shape index (κ3) is 3.35. The molecule has 3 heterocycles. The second-order valence-corrected chi connectivity index (χ2v) is 7.57. The van der Waals surface area contributed by atoms with E-state index in [1.165, 1.54) is 4.88 Å². The van der Waals surface area contributed by atoms with Crippen molar-refractivity contribution >= 4 is 29.0 Å². The Labute approximate surface area is 135 Å². The molecule has 1 aromatic heterocycles. The highest BCUT2D eigenvalue weighted by molar-refractivity contribution is 7.16. The number of likely N-dealkylation sites (N-methyl/N-ethyl adjacent to an activating group) is 1. The lowest BCUT2D eigenvalue weighted by atomic mass is 10.0. The van der Waals surface area contributed by atoms with E-state index in [4.69, 9.17) is 11.6 Å². The molecule has 0 aliphatic carbocycles. The number of urea groups is 1. The molecule has 4 nitrogen and oxygen atoms in total. The lowest BCUT2D eigenvalue weighted by Crippen LogP contribution is -2.46. The molecular formula is C15H22ClN3OS. The predicted octanol–water partition coefficient (Wildman–Crippen LogP) is 3.12. The summed E-state index contributed by atoms with van der Waals surface area (Å²) in [4.78, 5) is 20.1. The van der Waals surface area contributed by atoms with Gasteiger partial charge in [-0.1, -0.05) is 11.6 Å². The number of halogens is 1. The molecule has 0 radical (unpaired) electrons. The molecule has 1 aromatic rings. The van der Waals surface area contributed by atoms with Gasteiger partial charge in [-0.15, -0.1) is 11.3 Å². The monoisotopic (exact) mass is 327 g/mol. The normalized spacial score (nSPS) is 21.5. The van der Waals surface area contributed by atoms with Crippen molar-refractivity contribution in [3.05, 3.63) is 21.3 Å². The first-order valence-corrected chi connectivity index (χ1v) is 8.89. The molecule has 2 amide bonds. The minimum atomic E-state index is 0.237. The van der Waals surface area contributed by atoms with Crippen LogP contribution in [0.5, 0.6) is 0 Å². The van der Waals surface area contributed by atoms with Crippen LogP contribution in [0.2, 0.25) is 4.34 Å². The number of thiophene rings is 1. The molecule has 0 aromatic carbocycles. The fourth-order valence-corrected chi connectivity index (χ4v) is 4.41. The second kappa shape index (κ2) is 6.55. The van der Waals surface area contributed by atoms with Gasteiger partial charge in [0.15, 0.2) is 0 Å². The highest BCUT2D eigenvalue weighted by Gasteiger charge is 2.34. The molecule has 0 spiro atoms. The van der Waals surface area contributed by atoms with Crippen LogP contribution in [0.4, 0.5) is 4.79 Å². The van der Waals surface area contributed by atoms with Crippen molar-refractivity contribution < 1.29 is 4.79 Å². The summed E-state index contributed by atoms with van der Waals surface area (Å²) in [7, 11) is 0. The van der Waals surface area contributed by atoms with Crippen LogP contribution in [0.25, 0.3) is 0 Å². The number of hydrogen-bond donors (Lipinski definition) is 0. The molecule has 2 fully saturated rings. The molecule has 2 aliphatic rings. The summed E-state index contributed by atoms with van der Waals surface area (Å²) in [5.41, 5.74) is 0. The Morgan fingerprint density at radius 2 is 2.00 bits per heavy atom. The number of carbonyl (C=O) groups is 1. The standard InChI is InChI=1S/C15H22ClN3OS/c1-2-18-9-10-19(15(18)20)12-5-7-17(8-6-12)11-13-3-4-14(16)21-13/h3-4,12H,2,5-11H2,1H3. The topological polar surface area (TPSA) is 26.8 Å². The number of nitrogens with zero attached hydrogens (tertiary/aromatic N) is 3. The Hall–Kier alpha value is -0.780. The molecular weight excluding hydrogens is 306 g/mol. The van der Waals surface area contributed by atoms with Gasteiger partial charge in [0.25, 0.3) is 0 Å². The maximum Gasteiger partial charge on any atom is 0.320 e. The van der Waals surface area contributed by atoms with Gasteiger partial charge in [-0.2, -0.15) is 0 Å². The van der Waals surface area contributed by atoms with Crippen molar-refractivity contribution in [3.8, 4) is 0 Å². The summed E-state index contributed by atoms with van der Waals surface area (Å²) in [6, 6.07) is 4.75. The molecule has 2 saturated heterocycles. The lowest BCUT2D eigenvalue weighted by molar-refractivity contribution is 0.127. The molecule has 0 bridgehead atoms. The smallest absolute Gasteiger partial charge is 0.320 e. The van der Waals surface area contributed by atoms with Crippen molar-refractivity contribution in [1.82, 2.24) is 14.7 Å². The molecule has 3 rings (SSSR count). The fourth-order valence-electron chi connectivity index (χ4n) is 3.28. The van der Waals surface area contributed by atoms with Gasteiger partial charge in [0.2, 0.25) is 0 Å². The number of carbonyl (C=O) groups excluding carboxylic acids is 1. The van der Waals surface area contributed by atoms with Gasteiger partial charge >= 0.3 is 6.03 Å². The minimum Gasteiger partial charge on any atom is -0.323 e. The van der Waals surface area contributed by atoms with Crippen LogP contribution in [-0.4, -0.2) is 59.5 Å². The van der Waals surface area contributed by atoms with Gasteiger partial charge in [0.1, 0.15) is 0 Å². The van der Waals surface area contributed by atoms with Gasteiger partial charge in [-0.25, -0.2) is 4.79 Å². The summed E-state index contributed by atoms with van der Waals surface area (Å²) in [6.45, 7) is 7.79. The molecule has 6 heteroatoms. The van der Waals surface area contributed by atoms with Gasteiger partial charge in [-0.05, 0) is 31.9 Å². The van der Waals surface area contributed by atoms with Crippen molar-refractivity contribution in [2.45, 2.75) is 32.4 Å². The van der Waals surface area contributed by atoms with Crippen LogP contribution in [0.15, 0.2) is 12.1 Å². The zero-order valence-electron chi connectivity index (χ0n) is 12.4. The van der Waals surface area contributed by atoms with Crippen molar-refractivity contribution in [1.29, 1.82) is 0 Å². The Morgan fingerprint density at radius 1 is 1.24 bits per heavy atom. The van der Waals surface area contributed by atoms with E-state index in [9.17, 15) is 4.79 Å². The van der Waals surface area contributed by atoms with E-state index in [0.717, 1.165) is 56.4 Å². The summed E-state index contributed by atoms with van der Waals surface area (Å²) >= 11 is 7.65. The lowest BCUT2D eigenvalue weighted by Gasteiger charge is -2.36. The van der Waals surface area contributed by atoms with E-state index in [2.05, 4.69) is 22.8 Å². The average Bonchev–Trinajstić information content (AvgIpc) is 3.06. The predicted molar refractivity (Wildman–Crippen MR) is 87.0 cm³/mol. The molecule has 0 saturated carbocycles. The van der Waals surface area contributed by atoms with Crippen molar-refractivity contribution in [2.24, 2.45) is 0 Å². The van der Waals surface area contributed by atoms with Gasteiger partial charge in [0.05, 0.1) is 4.34 Å². The quantitative estimate of drug-likeness (QED) is 0.849. The average molecular weight is 328 g/mol. The van der Waals surface area contributed by atoms with Gasteiger partial charge in [0, 0.05) is 50.2 Å². The highest BCUT2D eigenvalue weighted by atomic mass is 35.5. The maximum absolute atomic E-state index is 12.2. The van der Waals surface area contributed by atoms with Crippen LogP contribution in [-0.2, 0) is 6.54 Å². The maximum atomic E-state index is 12.2. The van der Waals surface area contributed by atoms with Crippen LogP contribution in [0.3, 0.4) is 0 Å². The summed E-state index contributed by atoms with van der Waals surface area (Å²) < 4.78 is 0.863. The van der Waals surface area contributed by atoms with Crippen LogP contribution in [0.1, 0.15) is 24.6 Å². The van der Waals surface area contributed by atoms with E-state index in [0.29, 0.717) is 6.04 Å². The SMILES string of the molecule is CCN1CCN(C2CCN(Cc3ccc(Cl)s3)CC2)C1=O. The number of piperidine rings is 1. The van der Waals surface area contributed by atoms with Gasteiger partial charge in [-0.3, -0.25) is 4.90 Å². The highest BCUT2D eigenvalue weighted by Crippen LogP contribution is 2.26. The van der Waals surface area contributed by atoms with Crippen molar-refractivity contribution in [2.75, 3.05) is 32.7 Å². The largest absolute Gasteiger partial charge is 0.323 e. The molecule has 0 unspecified atom stereocenters. The number of rotatable bonds is 4. The van der Waals surface area contributed by atoms with Crippen LogP contribution in [0, 0.1) is 0 Å². The number of likely N-dealkylation sites (tertiary alicyclic amines) is 1. The van der Waals surface area contributed by atoms with E-state index in [-0.39, 0.29) is 6.03 Å². The zero-order valence-corrected chi connectivity index (χ0v) is 14.0. The number of amides is 2. The summed E-state index contributed by atoms with van der Waals surface area (Å²) in [5, 5.41) is 0. The van der Waals surface area contributed by atoms with E-state index in [1.54, 1.807) is 11.3 Å². The van der Waals surface area contributed by atoms with Crippen LogP contribution < -0.4 is 0 Å². The molecule has 0 atom stereocenters. The van der Waals surface area contributed by atoms with Crippen molar-refractivity contribution in [3.63, 3.8) is 0 Å². The summed E-state index contributed by atoms with van der Waals surface area (Å²) in [5.74, 6) is 0. The Balaban J connectivity index is 1.50. The zero-order chi connectivity index (χ0) is 14.8.